The van der Waals surface area contributed by atoms with E-state index < -0.39 is 22.0 Å². The van der Waals surface area contributed by atoms with Crippen LogP contribution in [-0.2, 0) is 26.2 Å². The monoisotopic (exact) mass is 240 g/mol. The van der Waals surface area contributed by atoms with E-state index in [4.69, 9.17) is 13.0 Å². The molecule has 0 rings (SSSR count). The van der Waals surface area contributed by atoms with Crippen molar-refractivity contribution in [3.63, 3.8) is 0 Å². The Morgan fingerprint density at radius 1 is 1.08 bits per heavy atom. The van der Waals surface area contributed by atoms with Crippen molar-refractivity contribution in [3.8, 4) is 0 Å². The molecule has 13 heavy (non-hydrogen) atoms. The van der Waals surface area contributed by atoms with E-state index in [1.807, 2.05) is 0 Å². The van der Waals surface area contributed by atoms with Gasteiger partial charge in [0, 0.05) is 0 Å². The summed E-state index contributed by atoms with van der Waals surface area (Å²) < 4.78 is 46.3. The molecule has 0 spiro atoms. The SMILES string of the molecule is C.C.C.C.COS(=O)(=O)O.O=S=O. The molecule has 0 atom stereocenters. The van der Waals surface area contributed by atoms with E-state index in [1.165, 1.54) is 0 Å². The van der Waals surface area contributed by atoms with Crippen LogP contribution < -0.4 is 0 Å². The van der Waals surface area contributed by atoms with Crippen LogP contribution in [0.3, 0.4) is 0 Å². The van der Waals surface area contributed by atoms with Gasteiger partial charge in [0.05, 0.1) is 7.11 Å². The maximum Gasteiger partial charge on any atom is 0.397 e. The highest BCUT2D eigenvalue weighted by atomic mass is 32.3. The largest absolute Gasteiger partial charge is 0.397 e. The standard InChI is InChI=1S/CH4O4S.4CH4.O2S/c1-5-6(2,3)4;;;;;1-3-2/h1H3,(H,2,3,4);4*1H4;. The van der Waals surface area contributed by atoms with E-state index >= 15 is 0 Å². The van der Waals surface area contributed by atoms with Crippen LogP contribution >= 0.6 is 0 Å². The van der Waals surface area contributed by atoms with Gasteiger partial charge in [-0.05, 0) is 0 Å². The summed E-state index contributed by atoms with van der Waals surface area (Å²) in [4.78, 5) is 0. The van der Waals surface area contributed by atoms with Crippen molar-refractivity contribution in [2.45, 2.75) is 29.7 Å². The molecule has 0 aliphatic rings. The van der Waals surface area contributed by atoms with Crippen LogP contribution in [0.4, 0.5) is 0 Å². The van der Waals surface area contributed by atoms with Gasteiger partial charge in [0.1, 0.15) is 0 Å². The van der Waals surface area contributed by atoms with Crippen LogP contribution in [0.1, 0.15) is 29.7 Å². The Morgan fingerprint density at radius 2 is 1.15 bits per heavy atom. The number of hydrogen-bond acceptors (Lipinski definition) is 5. The first kappa shape index (κ1) is 38.7. The molecular weight excluding hydrogens is 220 g/mol. The van der Waals surface area contributed by atoms with Gasteiger partial charge < -0.3 is 0 Å². The van der Waals surface area contributed by atoms with E-state index in [0.29, 0.717) is 0 Å². The molecule has 0 saturated heterocycles. The van der Waals surface area contributed by atoms with Gasteiger partial charge in [0.25, 0.3) is 0 Å². The zero-order valence-electron chi connectivity index (χ0n) is 4.30. The first-order valence-electron chi connectivity index (χ1n) is 1.42. The topological polar surface area (TPSA) is 97.7 Å². The molecule has 0 amide bonds. The molecule has 0 radical (unpaired) electrons. The van der Waals surface area contributed by atoms with Crippen molar-refractivity contribution in [2.24, 2.45) is 0 Å². The third-order valence-electron chi connectivity index (χ3n) is 0.211. The van der Waals surface area contributed by atoms with E-state index in [9.17, 15) is 8.42 Å². The minimum atomic E-state index is -4.16. The van der Waals surface area contributed by atoms with Crippen molar-refractivity contribution < 1.29 is 25.6 Å². The van der Waals surface area contributed by atoms with Gasteiger partial charge in [-0.3, -0.25) is 8.74 Å². The van der Waals surface area contributed by atoms with Crippen LogP contribution in [-0.4, -0.2) is 28.5 Å². The molecule has 88 valence electrons. The lowest BCUT2D eigenvalue weighted by atomic mass is 11.8. The Hall–Kier alpha value is -0.310. The van der Waals surface area contributed by atoms with Crippen LogP contribution in [0.5, 0.6) is 0 Å². The van der Waals surface area contributed by atoms with Gasteiger partial charge >= 0.3 is 22.0 Å². The molecule has 0 saturated carbocycles. The quantitative estimate of drug-likeness (QED) is 0.694. The number of rotatable bonds is 1. The maximum absolute atomic E-state index is 9.33. The Bertz CT molecular complexity index is 179. The minimum Gasteiger partial charge on any atom is -0.264 e. The fourth-order valence-electron chi connectivity index (χ4n) is 0. The first-order valence-corrected chi connectivity index (χ1v) is 3.46. The molecule has 0 unspecified atom stereocenters. The molecule has 0 aromatic heterocycles. The van der Waals surface area contributed by atoms with Crippen LogP contribution in [0.2, 0.25) is 0 Å². The molecule has 0 aliphatic carbocycles. The normalized spacial score (nSPS) is 6.31. The molecular formula is C5H20O6S2. The highest BCUT2D eigenvalue weighted by Gasteiger charge is 1.93. The van der Waals surface area contributed by atoms with E-state index in [-0.39, 0.29) is 29.7 Å². The lowest BCUT2D eigenvalue weighted by Crippen LogP contribution is -1.96. The summed E-state index contributed by atoms with van der Waals surface area (Å²) in [7, 11) is -3.29. The van der Waals surface area contributed by atoms with Crippen molar-refractivity contribution in [2.75, 3.05) is 7.11 Å². The molecule has 0 aromatic rings. The smallest absolute Gasteiger partial charge is 0.264 e. The lowest BCUT2D eigenvalue weighted by molar-refractivity contribution is 0.324. The number of hydrogen-bond donors (Lipinski definition) is 1. The average Bonchev–Trinajstić information content (AvgIpc) is 1.67. The summed E-state index contributed by atoms with van der Waals surface area (Å²) in [5.74, 6) is 0. The third kappa shape index (κ3) is 152. The second-order valence-electron chi connectivity index (χ2n) is 0.662. The maximum atomic E-state index is 9.33. The highest BCUT2D eigenvalue weighted by molar-refractivity contribution is 7.80. The first-order chi connectivity index (χ1) is 3.97. The van der Waals surface area contributed by atoms with Crippen molar-refractivity contribution >= 4 is 22.0 Å². The van der Waals surface area contributed by atoms with E-state index in [1.54, 1.807) is 0 Å². The third-order valence-corrected chi connectivity index (χ3v) is 0.632. The molecule has 0 aliphatic heterocycles. The second kappa shape index (κ2) is 22.6. The lowest BCUT2D eigenvalue weighted by Gasteiger charge is -1.82. The second-order valence-corrected chi connectivity index (χ2v) is 1.99. The predicted octanol–water partition coefficient (Wildman–Crippen LogP) is 1.31. The van der Waals surface area contributed by atoms with Gasteiger partial charge in [-0.15, -0.1) is 0 Å². The van der Waals surface area contributed by atoms with Crippen molar-refractivity contribution in [1.29, 1.82) is 0 Å². The minimum absolute atomic E-state index is 0. The summed E-state index contributed by atoms with van der Waals surface area (Å²) in [5.41, 5.74) is 0. The Balaban J connectivity index is -0.0000000160. The Labute approximate surface area is 84.9 Å². The van der Waals surface area contributed by atoms with E-state index in [0.717, 1.165) is 7.11 Å². The van der Waals surface area contributed by atoms with Gasteiger partial charge in [0.15, 0.2) is 0 Å². The Morgan fingerprint density at radius 3 is 1.15 bits per heavy atom. The fraction of sp³-hybridized carbons (Fsp3) is 1.00. The zero-order chi connectivity index (χ0) is 7.91. The zero-order valence-corrected chi connectivity index (χ0v) is 5.94. The van der Waals surface area contributed by atoms with Crippen molar-refractivity contribution in [1.82, 2.24) is 0 Å². The summed E-state index contributed by atoms with van der Waals surface area (Å²) in [6, 6.07) is 0. The summed E-state index contributed by atoms with van der Waals surface area (Å²) in [6.07, 6.45) is 0. The molecule has 0 heterocycles. The molecule has 0 bridgehead atoms. The highest BCUT2D eigenvalue weighted by Crippen LogP contribution is 1.74. The predicted molar refractivity (Wildman–Crippen MR) is 54.4 cm³/mol. The average molecular weight is 240 g/mol. The van der Waals surface area contributed by atoms with Gasteiger partial charge in [-0.1, -0.05) is 29.7 Å². The van der Waals surface area contributed by atoms with Crippen LogP contribution in [0, 0.1) is 0 Å². The molecule has 1 N–H and O–H groups in total. The van der Waals surface area contributed by atoms with Crippen LogP contribution in [0.25, 0.3) is 0 Å². The summed E-state index contributed by atoms with van der Waals surface area (Å²) >= 11 is -0.750. The summed E-state index contributed by atoms with van der Waals surface area (Å²) in [6.45, 7) is 0. The van der Waals surface area contributed by atoms with E-state index in [2.05, 4.69) is 4.18 Å². The molecule has 0 aromatic carbocycles. The van der Waals surface area contributed by atoms with Crippen LogP contribution in [0.15, 0.2) is 0 Å². The molecule has 8 heteroatoms. The molecule has 6 nitrogen and oxygen atoms in total. The van der Waals surface area contributed by atoms with Gasteiger partial charge in [-0.25, -0.2) is 0 Å². The van der Waals surface area contributed by atoms with Gasteiger partial charge in [0.2, 0.25) is 0 Å². The van der Waals surface area contributed by atoms with Crippen molar-refractivity contribution in [3.05, 3.63) is 0 Å². The molecule has 0 fully saturated rings. The summed E-state index contributed by atoms with van der Waals surface area (Å²) in [5, 5.41) is 0. The Kier molecular flexibility index (Phi) is 67.3. The van der Waals surface area contributed by atoms with Gasteiger partial charge in [-0.2, -0.15) is 16.8 Å². The fourth-order valence-corrected chi connectivity index (χ4v) is 0.